The molecule has 0 aliphatic carbocycles. The zero-order chi connectivity index (χ0) is 12.7. The second-order valence-electron chi connectivity index (χ2n) is 3.82. The molecule has 0 saturated carbocycles. The topological polar surface area (TPSA) is 101 Å². The van der Waals surface area contributed by atoms with Crippen molar-refractivity contribution < 1.29 is 9.90 Å². The Bertz CT molecular complexity index is 325. The fraction of sp³-hybridized carbons (Fsp3) is 0.700. The molecule has 7 nitrogen and oxygen atoms in total. The number of nitrogens with zero attached hydrogens (tertiary/aromatic N) is 3. The van der Waals surface area contributed by atoms with Gasteiger partial charge in [0.05, 0.1) is 18.7 Å². The smallest absolute Gasteiger partial charge is 0.207 e. The number of β-amino-alcohol motifs (C(OH)–C–C–N with tert-alkyl or cyclic N) is 1. The van der Waals surface area contributed by atoms with E-state index in [4.69, 9.17) is 5.26 Å². The van der Waals surface area contributed by atoms with Crippen LogP contribution in [0.1, 0.15) is 6.42 Å². The molecule has 0 aromatic rings. The molecule has 2 atom stereocenters. The molecule has 0 bridgehead atoms. The van der Waals surface area contributed by atoms with Crippen LogP contribution >= 0.6 is 0 Å². The second kappa shape index (κ2) is 6.83. The summed E-state index contributed by atoms with van der Waals surface area (Å²) in [7, 11) is 1.67. The highest BCUT2D eigenvalue weighted by Crippen LogP contribution is 2.08. The molecule has 1 heterocycles. The Morgan fingerprint density at radius 2 is 2.59 bits per heavy atom. The van der Waals surface area contributed by atoms with Gasteiger partial charge in [0.1, 0.15) is 6.29 Å². The lowest BCUT2D eigenvalue weighted by Gasteiger charge is -2.18. The summed E-state index contributed by atoms with van der Waals surface area (Å²) in [5.74, 6) is 0.408. The van der Waals surface area contributed by atoms with Crippen LogP contribution in [0.3, 0.4) is 0 Å². The van der Waals surface area contributed by atoms with Crippen molar-refractivity contribution in [3.8, 4) is 6.19 Å². The Labute approximate surface area is 100 Å². The number of carbonyl (C=O) groups excluding carboxylic acids is 1. The van der Waals surface area contributed by atoms with Crippen LogP contribution in [0.2, 0.25) is 0 Å². The van der Waals surface area contributed by atoms with Crippen molar-refractivity contribution in [2.45, 2.75) is 18.6 Å². The van der Waals surface area contributed by atoms with Gasteiger partial charge >= 0.3 is 0 Å². The number of hydrogen-bond donors (Lipinski definition) is 3. The maximum Gasteiger partial charge on any atom is 0.207 e. The van der Waals surface area contributed by atoms with Gasteiger partial charge in [-0.25, -0.2) is 0 Å². The minimum Gasteiger partial charge on any atom is -0.391 e. The molecule has 94 valence electrons. The van der Waals surface area contributed by atoms with E-state index in [1.165, 1.54) is 0 Å². The molecule has 1 rings (SSSR count). The first-order chi connectivity index (χ1) is 8.21. The molecule has 0 amide bonds. The molecule has 1 saturated heterocycles. The average Bonchev–Trinajstić information content (AvgIpc) is 2.75. The van der Waals surface area contributed by atoms with Gasteiger partial charge in [0, 0.05) is 13.1 Å². The maximum absolute atomic E-state index is 10.6. The first-order valence-electron chi connectivity index (χ1n) is 5.46. The molecule has 0 aromatic heterocycles. The molecular formula is C10H17N5O2. The molecule has 3 N–H and O–H groups in total. The molecule has 1 aliphatic rings. The molecular weight excluding hydrogens is 222 g/mol. The molecule has 7 heteroatoms. The van der Waals surface area contributed by atoms with Crippen LogP contribution in [0.4, 0.5) is 0 Å². The zero-order valence-electron chi connectivity index (χ0n) is 9.76. The molecule has 17 heavy (non-hydrogen) atoms. The van der Waals surface area contributed by atoms with E-state index in [0.717, 1.165) is 6.29 Å². The van der Waals surface area contributed by atoms with Crippen molar-refractivity contribution in [1.29, 1.82) is 5.26 Å². The van der Waals surface area contributed by atoms with E-state index < -0.39 is 0 Å². The lowest BCUT2D eigenvalue weighted by Crippen LogP contribution is -2.40. The lowest BCUT2D eigenvalue weighted by molar-refractivity contribution is -0.109. The Morgan fingerprint density at radius 1 is 1.82 bits per heavy atom. The molecule has 1 aliphatic heterocycles. The number of nitrogens with one attached hydrogen (secondary N) is 2. The van der Waals surface area contributed by atoms with Crippen LogP contribution < -0.4 is 10.6 Å². The van der Waals surface area contributed by atoms with E-state index in [1.54, 1.807) is 18.1 Å². The van der Waals surface area contributed by atoms with Crippen LogP contribution in [0, 0.1) is 11.5 Å². The molecule has 0 aromatic carbocycles. The highest BCUT2D eigenvalue weighted by molar-refractivity contribution is 5.82. The predicted molar refractivity (Wildman–Crippen MR) is 62.2 cm³/mol. The Morgan fingerprint density at radius 3 is 3.06 bits per heavy atom. The van der Waals surface area contributed by atoms with Gasteiger partial charge in [0.2, 0.25) is 5.96 Å². The van der Waals surface area contributed by atoms with E-state index in [-0.39, 0.29) is 18.7 Å². The normalized spacial score (nSPS) is 22.1. The highest BCUT2D eigenvalue weighted by Gasteiger charge is 2.23. The quantitative estimate of drug-likeness (QED) is 0.177. The number of likely N-dealkylation sites (N-methyl/N-ethyl adjacent to an activating group) is 1. The summed E-state index contributed by atoms with van der Waals surface area (Å²) in [5, 5.41) is 23.3. The number of aliphatic hydroxyl groups is 1. The summed E-state index contributed by atoms with van der Waals surface area (Å²) >= 11 is 0. The van der Waals surface area contributed by atoms with Crippen LogP contribution in [0.25, 0.3) is 0 Å². The second-order valence-corrected chi connectivity index (χ2v) is 3.82. The molecule has 0 spiro atoms. The Hall–Kier alpha value is -1.65. The molecule has 0 radical (unpaired) electrons. The Balaban J connectivity index is 2.61. The largest absolute Gasteiger partial charge is 0.391 e. The highest BCUT2D eigenvalue weighted by atomic mass is 16.3. The molecule has 1 fully saturated rings. The van der Waals surface area contributed by atoms with E-state index in [2.05, 4.69) is 15.6 Å². The summed E-state index contributed by atoms with van der Waals surface area (Å²) in [6.45, 7) is 1.37. The van der Waals surface area contributed by atoms with Crippen LogP contribution in [0.5, 0.6) is 0 Å². The van der Waals surface area contributed by atoms with E-state index in [0.29, 0.717) is 25.5 Å². The minimum atomic E-state index is -0.383. The summed E-state index contributed by atoms with van der Waals surface area (Å²) in [6, 6.07) is -0.363. The van der Waals surface area contributed by atoms with Crippen molar-refractivity contribution in [1.82, 2.24) is 15.5 Å². The van der Waals surface area contributed by atoms with Crippen LogP contribution in [0.15, 0.2) is 4.99 Å². The van der Waals surface area contributed by atoms with E-state index in [1.807, 2.05) is 0 Å². The van der Waals surface area contributed by atoms with Crippen molar-refractivity contribution in [2.75, 3.05) is 26.7 Å². The third-order valence-corrected chi connectivity index (χ3v) is 2.60. The van der Waals surface area contributed by atoms with Gasteiger partial charge in [-0.05, 0) is 13.5 Å². The van der Waals surface area contributed by atoms with Crippen LogP contribution in [-0.4, -0.2) is 61.1 Å². The van der Waals surface area contributed by atoms with Gasteiger partial charge in [-0.2, -0.15) is 5.26 Å². The number of rotatable bonds is 4. The first-order valence-corrected chi connectivity index (χ1v) is 5.46. The SMILES string of the molecule is CN[C@H](C=O)CN=C(NC#N)N1CC[C@H](O)C1. The van der Waals surface area contributed by atoms with Crippen molar-refractivity contribution in [3.05, 3.63) is 0 Å². The third kappa shape index (κ3) is 4.01. The van der Waals surface area contributed by atoms with Gasteiger partial charge in [0.25, 0.3) is 0 Å². The standard InChI is InChI=1S/C10H17N5O2/c1-12-8(6-16)4-13-10(14-7-11)15-3-2-9(17)5-15/h6,8-9,12,17H,2-5H2,1H3,(H,13,14)/t8-,9-/m0/s1. The Kier molecular flexibility index (Phi) is 5.39. The molecule has 0 unspecified atom stereocenters. The van der Waals surface area contributed by atoms with Crippen molar-refractivity contribution >= 4 is 12.2 Å². The first kappa shape index (κ1) is 13.4. The zero-order valence-corrected chi connectivity index (χ0v) is 9.76. The fourth-order valence-electron chi connectivity index (χ4n) is 1.59. The van der Waals surface area contributed by atoms with Gasteiger partial charge in [-0.3, -0.25) is 10.3 Å². The van der Waals surface area contributed by atoms with Crippen molar-refractivity contribution in [3.63, 3.8) is 0 Å². The number of aliphatic hydroxyl groups excluding tert-OH is 1. The summed E-state index contributed by atoms with van der Waals surface area (Å²) in [4.78, 5) is 16.6. The van der Waals surface area contributed by atoms with Crippen molar-refractivity contribution in [2.24, 2.45) is 4.99 Å². The number of likely N-dealkylation sites (tertiary alicyclic amines) is 1. The summed E-state index contributed by atoms with van der Waals surface area (Å²) < 4.78 is 0. The number of guanidine groups is 1. The van der Waals surface area contributed by atoms with Crippen LogP contribution in [-0.2, 0) is 4.79 Å². The van der Waals surface area contributed by atoms with Gasteiger partial charge in [0.15, 0.2) is 6.19 Å². The van der Waals surface area contributed by atoms with Gasteiger partial charge in [-0.15, -0.1) is 0 Å². The number of nitriles is 1. The van der Waals surface area contributed by atoms with E-state index in [9.17, 15) is 9.90 Å². The maximum atomic E-state index is 10.6. The average molecular weight is 239 g/mol. The van der Waals surface area contributed by atoms with Gasteiger partial charge in [-0.1, -0.05) is 0 Å². The predicted octanol–water partition coefficient (Wildman–Crippen LogP) is -1.73. The minimum absolute atomic E-state index is 0.261. The summed E-state index contributed by atoms with van der Waals surface area (Å²) in [5.41, 5.74) is 0. The fourth-order valence-corrected chi connectivity index (χ4v) is 1.59. The lowest BCUT2D eigenvalue weighted by atomic mass is 10.3. The van der Waals surface area contributed by atoms with E-state index >= 15 is 0 Å². The number of hydrogen-bond acceptors (Lipinski definition) is 5. The number of carbonyl (C=O) groups is 1. The van der Waals surface area contributed by atoms with Gasteiger partial charge < -0.3 is 20.1 Å². The monoisotopic (exact) mass is 239 g/mol. The third-order valence-electron chi connectivity index (χ3n) is 2.60. The number of aldehydes is 1. The summed E-state index contributed by atoms with van der Waals surface area (Å²) in [6.07, 6.45) is 2.86. The number of aliphatic imine (C=N–C) groups is 1.